The number of hydrogen-bond donors (Lipinski definition) is 1. The monoisotopic (exact) mass is 224 g/mol. The van der Waals surface area contributed by atoms with Gasteiger partial charge < -0.3 is 10.6 Å². The molecule has 0 spiro atoms. The van der Waals surface area contributed by atoms with Gasteiger partial charge in [-0.05, 0) is 31.1 Å². The summed E-state index contributed by atoms with van der Waals surface area (Å²) in [4.78, 5) is 14.6. The van der Waals surface area contributed by atoms with Crippen LogP contribution in [0.5, 0.6) is 0 Å². The minimum atomic E-state index is -0.232. The molecule has 2 rings (SSSR count). The van der Waals surface area contributed by atoms with Gasteiger partial charge in [0.25, 0.3) is 0 Å². The molecule has 0 aromatic rings. The number of hydrogen-bond acceptors (Lipinski definition) is 2. The Kier molecular flexibility index (Phi) is 2.77. The van der Waals surface area contributed by atoms with Crippen molar-refractivity contribution in [3.05, 3.63) is 0 Å². The summed E-state index contributed by atoms with van der Waals surface area (Å²) in [5, 5.41) is 0. The minimum Gasteiger partial charge on any atom is -0.342 e. The number of carbonyl (C=O) groups excluding carboxylic acids is 1. The van der Waals surface area contributed by atoms with Crippen LogP contribution >= 0.6 is 0 Å². The highest BCUT2D eigenvalue weighted by atomic mass is 16.2. The van der Waals surface area contributed by atoms with Crippen molar-refractivity contribution in [1.82, 2.24) is 4.90 Å². The highest BCUT2D eigenvalue weighted by Crippen LogP contribution is 2.56. The van der Waals surface area contributed by atoms with Crippen molar-refractivity contribution in [3.63, 3.8) is 0 Å². The maximum Gasteiger partial charge on any atom is 0.229 e. The molecule has 1 unspecified atom stereocenters. The van der Waals surface area contributed by atoms with E-state index in [1.54, 1.807) is 0 Å². The van der Waals surface area contributed by atoms with Crippen LogP contribution in [0.25, 0.3) is 0 Å². The van der Waals surface area contributed by atoms with Gasteiger partial charge in [-0.25, -0.2) is 0 Å². The third-order valence-corrected chi connectivity index (χ3v) is 5.09. The number of piperidine rings is 1. The number of nitrogens with two attached hydrogens (primary N) is 1. The Labute approximate surface area is 98.4 Å². The van der Waals surface area contributed by atoms with E-state index < -0.39 is 0 Å². The first-order chi connectivity index (χ1) is 7.39. The molecule has 92 valence electrons. The fourth-order valence-electron chi connectivity index (χ4n) is 3.05. The first kappa shape index (κ1) is 11.9. The van der Waals surface area contributed by atoms with Gasteiger partial charge in [0, 0.05) is 19.1 Å². The summed E-state index contributed by atoms with van der Waals surface area (Å²) >= 11 is 0. The van der Waals surface area contributed by atoms with E-state index in [4.69, 9.17) is 5.73 Å². The smallest absolute Gasteiger partial charge is 0.229 e. The van der Waals surface area contributed by atoms with E-state index in [2.05, 4.69) is 25.7 Å². The third-order valence-electron chi connectivity index (χ3n) is 5.09. The van der Waals surface area contributed by atoms with E-state index in [1.165, 1.54) is 6.42 Å². The van der Waals surface area contributed by atoms with Crippen molar-refractivity contribution in [1.29, 1.82) is 0 Å². The van der Waals surface area contributed by atoms with E-state index in [1.807, 2.05) is 0 Å². The summed E-state index contributed by atoms with van der Waals surface area (Å²) in [6.45, 7) is 8.23. The Morgan fingerprint density at radius 2 is 1.75 bits per heavy atom. The van der Waals surface area contributed by atoms with E-state index in [0.29, 0.717) is 5.91 Å². The van der Waals surface area contributed by atoms with Crippen LogP contribution in [0.4, 0.5) is 0 Å². The van der Waals surface area contributed by atoms with Gasteiger partial charge in [-0.15, -0.1) is 0 Å². The first-order valence-electron chi connectivity index (χ1n) is 6.44. The molecule has 16 heavy (non-hydrogen) atoms. The molecule has 3 heteroatoms. The summed E-state index contributed by atoms with van der Waals surface area (Å²) in [5.41, 5.74) is 5.74. The molecule has 2 atom stereocenters. The van der Waals surface area contributed by atoms with Gasteiger partial charge in [0.2, 0.25) is 5.91 Å². The zero-order valence-corrected chi connectivity index (χ0v) is 10.8. The molecule has 0 radical (unpaired) electrons. The molecule has 0 aromatic carbocycles. The summed E-state index contributed by atoms with van der Waals surface area (Å²) in [6.07, 6.45) is 4.43. The average Bonchev–Trinajstić information content (AvgIpc) is 2.29. The Morgan fingerprint density at radius 3 is 2.19 bits per heavy atom. The van der Waals surface area contributed by atoms with Gasteiger partial charge in [0.05, 0.1) is 5.41 Å². The Bertz CT molecular complexity index is 294. The molecule has 1 aliphatic heterocycles. The van der Waals surface area contributed by atoms with Gasteiger partial charge in [-0.1, -0.05) is 20.8 Å². The largest absolute Gasteiger partial charge is 0.342 e. The lowest BCUT2D eigenvalue weighted by molar-refractivity contribution is -0.165. The molecule has 2 fully saturated rings. The van der Waals surface area contributed by atoms with Crippen LogP contribution in [0.15, 0.2) is 0 Å². The number of amides is 1. The molecule has 1 amide bonds. The van der Waals surface area contributed by atoms with Crippen molar-refractivity contribution in [2.45, 2.75) is 52.5 Å². The number of nitrogens with zero attached hydrogens (tertiary/aromatic N) is 1. The second kappa shape index (κ2) is 3.73. The maximum absolute atomic E-state index is 12.5. The number of rotatable bonds is 1. The Morgan fingerprint density at radius 1 is 1.19 bits per heavy atom. The predicted octanol–water partition coefficient (Wildman–Crippen LogP) is 1.76. The average molecular weight is 224 g/mol. The van der Waals surface area contributed by atoms with Crippen LogP contribution in [0.2, 0.25) is 0 Å². The lowest BCUT2D eigenvalue weighted by atomic mass is 9.48. The highest BCUT2D eigenvalue weighted by molar-refractivity contribution is 5.85. The molecule has 1 saturated heterocycles. The number of carbonyl (C=O) groups is 1. The summed E-state index contributed by atoms with van der Waals surface area (Å²) < 4.78 is 0. The van der Waals surface area contributed by atoms with Crippen LogP contribution in [0.1, 0.15) is 46.5 Å². The van der Waals surface area contributed by atoms with Crippen LogP contribution in [-0.2, 0) is 4.79 Å². The van der Waals surface area contributed by atoms with Gasteiger partial charge in [-0.2, -0.15) is 0 Å². The second-order valence-corrected chi connectivity index (χ2v) is 6.22. The van der Waals surface area contributed by atoms with Crippen LogP contribution in [-0.4, -0.2) is 29.9 Å². The van der Waals surface area contributed by atoms with Crippen LogP contribution in [0.3, 0.4) is 0 Å². The molecule has 0 bridgehead atoms. The second-order valence-electron chi connectivity index (χ2n) is 6.22. The molecule has 1 saturated carbocycles. The Balaban J connectivity index is 2.10. The summed E-state index contributed by atoms with van der Waals surface area (Å²) in [5.74, 6) is 0.332. The number of likely N-dealkylation sites (tertiary alicyclic amines) is 1. The zero-order valence-electron chi connectivity index (χ0n) is 10.8. The van der Waals surface area contributed by atoms with Crippen LogP contribution in [0, 0.1) is 10.8 Å². The fourth-order valence-corrected chi connectivity index (χ4v) is 3.05. The third kappa shape index (κ3) is 1.48. The van der Waals surface area contributed by atoms with E-state index in [9.17, 15) is 4.79 Å². The van der Waals surface area contributed by atoms with Gasteiger partial charge in [0.1, 0.15) is 0 Å². The van der Waals surface area contributed by atoms with Crippen molar-refractivity contribution in [3.8, 4) is 0 Å². The first-order valence-corrected chi connectivity index (χ1v) is 6.44. The summed E-state index contributed by atoms with van der Waals surface area (Å²) in [7, 11) is 0. The lowest BCUT2D eigenvalue weighted by Gasteiger charge is -2.59. The van der Waals surface area contributed by atoms with Gasteiger partial charge in [-0.3, -0.25) is 4.79 Å². The van der Waals surface area contributed by atoms with E-state index in [-0.39, 0.29) is 16.9 Å². The molecule has 1 heterocycles. The van der Waals surface area contributed by atoms with Gasteiger partial charge >= 0.3 is 0 Å². The molecule has 2 aliphatic rings. The van der Waals surface area contributed by atoms with Crippen molar-refractivity contribution >= 4 is 5.91 Å². The van der Waals surface area contributed by atoms with Crippen LogP contribution < -0.4 is 5.73 Å². The minimum absolute atomic E-state index is 0.0540. The van der Waals surface area contributed by atoms with Crippen molar-refractivity contribution in [2.75, 3.05) is 13.1 Å². The molecular formula is C13H24N2O. The fraction of sp³-hybridized carbons (Fsp3) is 0.923. The topological polar surface area (TPSA) is 46.3 Å². The SMILES string of the molecule is CC1(C(=O)N2CCCCC2)C[C@@H](N)C1(C)C. The molecule has 1 aliphatic carbocycles. The Hall–Kier alpha value is -0.570. The lowest BCUT2D eigenvalue weighted by Crippen LogP contribution is -2.67. The molecular weight excluding hydrogens is 200 g/mol. The van der Waals surface area contributed by atoms with Gasteiger partial charge in [0.15, 0.2) is 0 Å². The van der Waals surface area contributed by atoms with Crippen molar-refractivity contribution in [2.24, 2.45) is 16.6 Å². The van der Waals surface area contributed by atoms with E-state index in [0.717, 1.165) is 32.4 Å². The highest BCUT2D eigenvalue weighted by Gasteiger charge is 2.60. The molecule has 0 aromatic heterocycles. The normalized spacial score (nSPS) is 38.0. The predicted molar refractivity (Wildman–Crippen MR) is 64.9 cm³/mol. The quantitative estimate of drug-likeness (QED) is 0.737. The van der Waals surface area contributed by atoms with Crippen molar-refractivity contribution < 1.29 is 4.79 Å². The summed E-state index contributed by atoms with van der Waals surface area (Å²) in [6, 6.07) is 0.172. The standard InChI is InChI=1S/C13H24N2O/c1-12(2)10(14)9-13(12,3)11(16)15-7-5-4-6-8-15/h10H,4-9,14H2,1-3H3/t10-,13?/m1/s1. The maximum atomic E-state index is 12.5. The van der Waals surface area contributed by atoms with E-state index >= 15 is 0 Å². The molecule has 3 nitrogen and oxygen atoms in total. The molecule has 2 N–H and O–H groups in total. The zero-order chi connectivity index (χ0) is 12.0.